The molecule has 1 atom stereocenters. The van der Waals surface area contributed by atoms with Crippen LogP contribution in [-0.2, 0) is 9.53 Å². The average Bonchev–Trinajstić information content (AvgIpc) is 3.23. The van der Waals surface area contributed by atoms with Crippen LogP contribution in [0.25, 0.3) is 0 Å². The molecule has 0 spiro atoms. The number of rotatable bonds is 3. The van der Waals surface area contributed by atoms with Crippen molar-refractivity contribution in [2.75, 3.05) is 13.2 Å². The summed E-state index contributed by atoms with van der Waals surface area (Å²) in [6.07, 6.45) is 10.5. The minimum absolute atomic E-state index is 0.264. The number of carboxylic acid groups (broad SMARTS) is 1. The molecule has 0 aromatic carbocycles. The second-order valence-corrected chi connectivity index (χ2v) is 7.74. The molecule has 1 amide bonds. The molecule has 1 heterocycles. The number of fused-ring (bicyclic) bond motifs is 1. The summed E-state index contributed by atoms with van der Waals surface area (Å²) in [6, 6.07) is -0.718. The predicted molar refractivity (Wildman–Crippen MR) is 93.2 cm³/mol. The van der Waals surface area contributed by atoms with Crippen LogP contribution in [0.5, 0.6) is 0 Å². The fourth-order valence-electron chi connectivity index (χ4n) is 5.21. The van der Waals surface area contributed by atoms with E-state index < -0.39 is 18.1 Å². The molecule has 0 bridgehead atoms. The number of ether oxygens (including phenoxy) is 1. The van der Waals surface area contributed by atoms with Crippen molar-refractivity contribution in [2.45, 2.75) is 70.3 Å². The number of amides is 1. The largest absolute Gasteiger partial charge is 0.480 e. The quantitative estimate of drug-likeness (QED) is 0.838. The first-order chi connectivity index (χ1) is 12.2. The number of hydrogen-bond donors (Lipinski definition) is 1. The Labute approximate surface area is 148 Å². The standard InChI is InChI=1S/C20H27NO4/c22-19(23)18-10-5-11-21(18)20(24)25-12-17-15-8-3-1-6-13(15)14-7-2-4-9-16(14)17/h17-18H,1-12H2,(H,22,23). The van der Waals surface area contributed by atoms with Crippen LogP contribution >= 0.6 is 0 Å². The molecule has 0 radical (unpaired) electrons. The summed E-state index contributed by atoms with van der Waals surface area (Å²) in [6.45, 7) is 0.877. The van der Waals surface area contributed by atoms with Crippen molar-refractivity contribution >= 4 is 12.1 Å². The van der Waals surface area contributed by atoms with Crippen LogP contribution in [0.2, 0.25) is 0 Å². The van der Waals surface area contributed by atoms with Crippen molar-refractivity contribution < 1.29 is 19.4 Å². The Hall–Kier alpha value is -1.78. The van der Waals surface area contributed by atoms with Gasteiger partial charge in [0.05, 0.1) is 0 Å². The molecule has 25 heavy (non-hydrogen) atoms. The molecule has 4 aliphatic rings. The van der Waals surface area contributed by atoms with E-state index >= 15 is 0 Å². The van der Waals surface area contributed by atoms with Crippen molar-refractivity contribution in [1.82, 2.24) is 4.90 Å². The lowest BCUT2D eigenvalue weighted by Crippen LogP contribution is -2.41. The van der Waals surface area contributed by atoms with Crippen LogP contribution in [0.1, 0.15) is 64.2 Å². The van der Waals surface area contributed by atoms with Crippen LogP contribution < -0.4 is 0 Å². The summed E-state index contributed by atoms with van der Waals surface area (Å²) in [5, 5.41) is 9.26. The van der Waals surface area contributed by atoms with E-state index in [1.54, 1.807) is 11.1 Å². The number of nitrogens with zero attached hydrogens (tertiary/aromatic N) is 1. The maximum Gasteiger partial charge on any atom is 0.410 e. The number of hydrogen-bond acceptors (Lipinski definition) is 3. The van der Waals surface area contributed by atoms with E-state index in [0.717, 1.165) is 19.3 Å². The van der Waals surface area contributed by atoms with E-state index in [0.29, 0.717) is 19.6 Å². The highest BCUT2D eigenvalue weighted by atomic mass is 16.6. The molecule has 5 nitrogen and oxygen atoms in total. The predicted octanol–water partition coefficient (Wildman–Crippen LogP) is 4.04. The van der Waals surface area contributed by atoms with E-state index in [9.17, 15) is 14.7 Å². The zero-order valence-electron chi connectivity index (χ0n) is 14.8. The van der Waals surface area contributed by atoms with E-state index in [4.69, 9.17) is 4.74 Å². The van der Waals surface area contributed by atoms with Gasteiger partial charge in [0.1, 0.15) is 12.6 Å². The molecule has 1 unspecified atom stereocenters. The van der Waals surface area contributed by atoms with E-state index in [1.807, 2.05) is 0 Å². The summed E-state index contributed by atoms with van der Waals surface area (Å²) in [4.78, 5) is 25.1. The third kappa shape index (κ3) is 2.98. The van der Waals surface area contributed by atoms with Crippen LogP contribution in [-0.4, -0.2) is 41.3 Å². The summed E-state index contributed by atoms with van der Waals surface area (Å²) >= 11 is 0. The molecule has 1 aliphatic heterocycles. The third-order valence-corrected chi connectivity index (χ3v) is 6.37. The highest BCUT2D eigenvalue weighted by molar-refractivity contribution is 5.80. The second kappa shape index (κ2) is 6.85. The first kappa shape index (κ1) is 16.7. The maximum absolute atomic E-state index is 12.4. The van der Waals surface area contributed by atoms with Gasteiger partial charge >= 0.3 is 12.1 Å². The van der Waals surface area contributed by atoms with Gasteiger partial charge in [0.15, 0.2) is 0 Å². The summed E-state index contributed by atoms with van der Waals surface area (Å²) < 4.78 is 5.64. The van der Waals surface area contributed by atoms with Crippen molar-refractivity contribution in [3.05, 3.63) is 22.3 Å². The number of aliphatic carboxylic acids is 1. The van der Waals surface area contributed by atoms with E-state index in [-0.39, 0.29) is 5.92 Å². The monoisotopic (exact) mass is 345 g/mol. The van der Waals surface area contributed by atoms with Gasteiger partial charge in [-0.3, -0.25) is 4.90 Å². The maximum atomic E-state index is 12.4. The van der Waals surface area contributed by atoms with E-state index in [2.05, 4.69) is 0 Å². The van der Waals surface area contributed by atoms with Crippen LogP contribution in [0.4, 0.5) is 4.79 Å². The fraction of sp³-hybridized carbons (Fsp3) is 0.700. The van der Waals surface area contributed by atoms with Crippen LogP contribution in [0.3, 0.4) is 0 Å². The first-order valence-corrected chi connectivity index (χ1v) is 9.77. The zero-order chi connectivity index (χ0) is 17.4. The van der Waals surface area contributed by atoms with Crippen LogP contribution in [0, 0.1) is 5.92 Å². The van der Waals surface area contributed by atoms with Gasteiger partial charge in [-0.05, 0) is 75.4 Å². The molecule has 1 fully saturated rings. The van der Waals surface area contributed by atoms with E-state index in [1.165, 1.54) is 54.6 Å². The molecule has 136 valence electrons. The Balaban J connectivity index is 1.46. The molecule has 4 rings (SSSR count). The SMILES string of the molecule is O=C(O)C1CCCN1C(=O)OCC1C2=C(CCCC2)C2=C1CCCC2. The van der Waals surface area contributed by atoms with Crippen molar-refractivity contribution in [3.63, 3.8) is 0 Å². The Bertz CT molecular complexity index is 616. The Morgan fingerprint density at radius 1 is 0.960 bits per heavy atom. The number of allylic oxidation sites excluding steroid dienone is 2. The molecule has 1 N–H and O–H groups in total. The lowest BCUT2D eigenvalue weighted by molar-refractivity contribution is -0.141. The summed E-state index contributed by atoms with van der Waals surface area (Å²) in [5.74, 6) is -0.662. The van der Waals surface area contributed by atoms with Crippen molar-refractivity contribution in [1.29, 1.82) is 0 Å². The molecule has 0 aromatic heterocycles. The van der Waals surface area contributed by atoms with Gasteiger partial charge in [-0.25, -0.2) is 9.59 Å². The highest BCUT2D eigenvalue weighted by Crippen LogP contribution is 2.49. The molecular formula is C20H27NO4. The third-order valence-electron chi connectivity index (χ3n) is 6.37. The number of carbonyl (C=O) groups is 2. The molecule has 5 heteroatoms. The summed E-state index contributed by atoms with van der Waals surface area (Å²) in [7, 11) is 0. The Morgan fingerprint density at radius 2 is 1.56 bits per heavy atom. The molecule has 3 aliphatic carbocycles. The second-order valence-electron chi connectivity index (χ2n) is 7.74. The number of carbonyl (C=O) groups excluding carboxylic acids is 1. The lowest BCUT2D eigenvalue weighted by atomic mass is 9.86. The number of likely N-dealkylation sites (tertiary alicyclic amines) is 1. The zero-order valence-corrected chi connectivity index (χ0v) is 14.8. The van der Waals surface area contributed by atoms with Gasteiger partial charge in [-0.15, -0.1) is 0 Å². The van der Waals surface area contributed by atoms with Gasteiger partial charge in [0, 0.05) is 12.5 Å². The molecule has 0 saturated carbocycles. The first-order valence-electron chi connectivity index (χ1n) is 9.77. The normalized spacial score (nSPS) is 26.7. The van der Waals surface area contributed by atoms with Gasteiger partial charge in [-0.1, -0.05) is 11.1 Å². The Morgan fingerprint density at radius 3 is 2.16 bits per heavy atom. The minimum Gasteiger partial charge on any atom is -0.480 e. The molecule has 1 saturated heterocycles. The highest BCUT2D eigenvalue weighted by Gasteiger charge is 2.38. The van der Waals surface area contributed by atoms with Gasteiger partial charge in [0.2, 0.25) is 0 Å². The minimum atomic E-state index is -0.926. The van der Waals surface area contributed by atoms with Gasteiger partial charge in [0.25, 0.3) is 0 Å². The average molecular weight is 345 g/mol. The molecule has 0 aromatic rings. The lowest BCUT2D eigenvalue weighted by Gasteiger charge is -2.25. The van der Waals surface area contributed by atoms with Crippen molar-refractivity contribution in [2.24, 2.45) is 5.92 Å². The van der Waals surface area contributed by atoms with Crippen molar-refractivity contribution in [3.8, 4) is 0 Å². The number of carboxylic acids is 1. The fourth-order valence-corrected chi connectivity index (χ4v) is 5.21. The topological polar surface area (TPSA) is 66.8 Å². The van der Waals surface area contributed by atoms with Crippen LogP contribution in [0.15, 0.2) is 22.3 Å². The Kier molecular flexibility index (Phi) is 4.57. The smallest absolute Gasteiger partial charge is 0.410 e. The van der Waals surface area contributed by atoms with Gasteiger partial charge < -0.3 is 9.84 Å². The molecular weight excluding hydrogens is 318 g/mol. The summed E-state index contributed by atoms with van der Waals surface area (Å²) in [5.41, 5.74) is 6.18. The van der Waals surface area contributed by atoms with Gasteiger partial charge in [-0.2, -0.15) is 0 Å².